The number of carbonyl (C=O) groups is 2. The maximum absolute atomic E-state index is 11.5. The molecule has 0 radical (unpaired) electrons. The quantitative estimate of drug-likeness (QED) is 0.464. The molecule has 0 amide bonds. The Hall–Kier alpha value is -2.45. The predicted octanol–water partition coefficient (Wildman–Crippen LogP) is 1.00. The van der Waals surface area contributed by atoms with Crippen molar-refractivity contribution >= 4 is 17.8 Å². The summed E-state index contributed by atoms with van der Waals surface area (Å²) in [5.41, 5.74) is -0.355. The largest absolute Gasteiger partial charge is 0.480 e. The van der Waals surface area contributed by atoms with Gasteiger partial charge in [-0.15, -0.1) is 0 Å². The van der Waals surface area contributed by atoms with E-state index in [0.717, 1.165) is 10.9 Å². The second kappa shape index (κ2) is 5.94. The molecule has 0 fully saturated rings. The number of nitro groups is 1. The first-order valence-corrected chi connectivity index (χ1v) is 5.55. The van der Waals surface area contributed by atoms with Gasteiger partial charge in [-0.1, -0.05) is 6.92 Å². The minimum Gasteiger partial charge on any atom is -0.480 e. The highest BCUT2D eigenvalue weighted by Gasteiger charge is 2.31. The van der Waals surface area contributed by atoms with Crippen LogP contribution >= 0.6 is 0 Å². The van der Waals surface area contributed by atoms with Gasteiger partial charge >= 0.3 is 17.8 Å². The van der Waals surface area contributed by atoms with Crippen LogP contribution in [0.25, 0.3) is 0 Å². The van der Waals surface area contributed by atoms with Gasteiger partial charge in [-0.3, -0.25) is 0 Å². The van der Waals surface area contributed by atoms with Crippen LogP contribution in [0.15, 0.2) is 6.20 Å². The molecule has 0 bridgehead atoms. The van der Waals surface area contributed by atoms with Gasteiger partial charge in [-0.05, 0) is 18.3 Å². The van der Waals surface area contributed by atoms with Crippen LogP contribution in [0.3, 0.4) is 0 Å². The third-order valence-electron chi connectivity index (χ3n) is 2.37. The summed E-state index contributed by atoms with van der Waals surface area (Å²) in [5, 5.41) is 23.3. The normalized spacial score (nSPS) is 11.9. The van der Waals surface area contributed by atoms with E-state index in [1.165, 1.54) is 0 Å². The second-order valence-electron chi connectivity index (χ2n) is 3.59. The van der Waals surface area contributed by atoms with E-state index >= 15 is 0 Å². The first kappa shape index (κ1) is 14.6. The minimum absolute atomic E-state index is 0.0529. The summed E-state index contributed by atoms with van der Waals surface area (Å²) in [6.07, 6.45) is 1.20. The van der Waals surface area contributed by atoms with Gasteiger partial charge in [0.25, 0.3) is 0 Å². The molecule has 1 aromatic rings. The molecule has 19 heavy (non-hydrogen) atoms. The van der Waals surface area contributed by atoms with E-state index in [-0.39, 0.29) is 18.6 Å². The SMILES string of the molecule is CCOC(=O)c1cn([C@@H](CC)C(=O)O)nc1[N+](=O)[O-]. The van der Waals surface area contributed by atoms with Gasteiger partial charge in [0.2, 0.25) is 0 Å². The van der Waals surface area contributed by atoms with Crippen molar-refractivity contribution in [3.63, 3.8) is 0 Å². The molecule has 0 aromatic carbocycles. The van der Waals surface area contributed by atoms with Crippen LogP contribution in [0.1, 0.15) is 36.7 Å². The van der Waals surface area contributed by atoms with Crippen molar-refractivity contribution in [3.05, 3.63) is 21.9 Å². The number of nitrogens with zero attached hydrogens (tertiary/aromatic N) is 3. The summed E-state index contributed by atoms with van der Waals surface area (Å²) in [6, 6.07) is -1.07. The molecule has 9 nitrogen and oxygen atoms in total. The van der Waals surface area contributed by atoms with Crippen LogP contribution < -0.4 is 0 Å². The van der Waals surface area contributed by atoms with Gasteiger partial charge < -0.3 is 20.0 Å². The first-order chi connectivity index (χ1) is 8.92. The Morgan fingerprint density at radius 1 is 1.58 bits per heavy atom. The Kier molecular flexibility index (Phi) is 4.56. The maximum Gasteiger partial charge on any atom is 0.404 e. The number of carbonyl (C=O) groups excluding carboxylic acids is 1. The Balaban J connectivity index is 3.24. The fraction of sp³-hybridized carbons (Fsp3) is 0.500. The molecule has 0 aliphatic carbocycles. The predicted molar refractivity (Wildman–Crippen MR) is 61.8 cm³/mol. The van der Waals surface area contributed by atoms with E-state index in [0.29, 0.717) is 0 Å². The van der Waals surface area contributed by atoms with Crippen LogP contribution in [0.2, 0.25) is 0 Å². The molecular formula is C10H13N3O6. The van der Waals surface area contributed by atoms with E-state index in [2.05, 4.69) is 9.84 Å². The van der Waals surface area contributed by atoms with Crippen LogP contribution in [0, 0.1) is 10.1 Å². The first-order valence-electron chi connectivity index (χ1n) is 5.55. The number of ether oxygens (including phenoxy) is 1. The summed E-state index contributed by atoms with van der Waals surface area (Å²) >= 11 is 0. The zero-order valence-electron chi connectivity index (χ0n) is 10.4. The van der Waals surface area contributed by atoms with E-state index in [4.69, 9.17) is 5.11 Å². The van der Waals surface area contributed by atoms with Gasteiger partial charge in [0.1, 0.15) is 0 Å². The molecule has 1 N–H and O–H groups in total. The molecule has 1 rings (SSSR count). The average Bonchev–Trinajstić information content (AvgIpc) is 2.74. The van der Waals surface area contributed by atoms with E-state index in [1.807, 2.05) is 0 Å². The molecule has 0 saturated carbocycles. The number of aromatic nitrogens is 2. The van der Waals surface area contributed by atoms with Crippen molar-refractivity contribution in [2.75, 3.05) is 6.61 Å². The Bertz CT molecular complexity index is 509. The lowest BCUT2D eigenvalue weighted by molar-refractivity contribution is -0.390. The molecule has 9 heteroatoms. The molecule has 1 heterocycles. The third-order valence-corrected chi connectivity index (χ3v) is 2.37. The third kappa shape index (κ3) is 3.06. The number of carboxylic acids is 1. The summed E-state index contributed by atoms with van der Waals surface area (Å²) in [7, 11) is 0. The van der Waals surface area contributed by atoms with E-state index in [9.17, 15) is 19.7 Å². The number of hydrogen-bond donors (Lipinski definition) is 1. The fourth-order valence-electron chi connectivity index (χ4n) is 1.50. The Morgan fingerprint density at radius 3 is 2.63 bits per heavy atom. The standard InChI is InChI=1S/C10H13N3O6/c1-3-7(9(14)15)12-5-6(10(16)19-4-2)8(11-12)13(17)18/h5,7H,3-4H2,1-2H3,(H,14,15)/t7-/m0/s1. The molecule has 0 aliphatic heterocycles. The van der Waals surface area contributed by atoms with E-state index < -0.39 is 28.7 Å². The van der Waals surface area contributed by atoms with Crippen LogP contribution in [-0.2, 0) is 9.53 Å². The molecular weight excluding hydrogens is 258 g/mol. The highest BCUT2D eigenvalue weighted by atomic mass is 16.6. The van der Waals surface area contributed by atoms with Crippen LogP contribution in [0.5, 0.6) is 0 Å². The molecule has 104 valence electrons. The monoisotopic (exact) mass is 271 g/mol. The van der Waals surface area contributed by atoms with Gasteiger partial charge in [-0.25, -0.2) is 9.59 Å². The Morgan fingerprint density at radius 2 is 2.21 bits per heavy atom. The number of carboxylic acid groups (broad SMARTS) is 1. The van der Waals surface area contributed by atoms with Gasteiger partial charge in [0.05, 0.1) is 17.9 Å². The molecule has 0 saturated heterocycles. The van der Waals surface area contributed by atoms with Gasteiger partial charge in [0, 0.05) is 0 Å². The fourth-order valence-corrected chi connectivity index (χ4v) is 1.50. The second-order valence-corrected chi connectivity index (χ2v) is 3.59. The minimum atomic E-state index is -1.18. The molecule has 0 spiro atoms. The zero-order valence-corrected chi connectivity index (χ0v) is 10.4. The summed E-state index contributed by atoms with van der Waals surface area (Å²) in [4.78, 5) is 32.5. The summed E-state index contributed by atoms with van der Waals surface area (Å²) in [5.74, 6) is -2.80. The van der Waals surface area contributed by atoms with Crippen molar-refractivity contribution in [1.82, 2.24) is 9.78 Å². The van der Waals surface area contributed by atoms with Gasteiger partial charge in [0.15, 0.2) is 11.6 Å². The molecule has 1 atom stereocenters. The van der Waals surface area contributed by atoms with Crippen molar-refractivity contribution in [2.45, 2.75) is 26.3 Å². The topological polar surface area (TPSA) is 125 Å². The lowest BCUT2D eigenvalue weighted by Crippen LogP contribution is -2.18. The number of hydrogen-bond acceptors (Lipinski definition) is 6. The number of esters is 1. The highest BCUT2D eigenvalue weighted by molar-refractivity contribution is 5.93. The molecule has 0 aliphatic rings. The molecule has 1 aromatic heterocycles. The number of aliphatic carboxylic acids is 1. The van der Waals surface area contributed by atoms with E-state index in [1.54, 1.807) is 13.8 Å². The van der Waals surface area contributed by atoms with Crippen molar-refractivity contribution in [2.24, 2.45) is 0 Å². The van der Waals surface area contributed by atoms with Crippen LogP contribution in [0.4, 0.5) is 5.82 Å². The van der Waals surface area contributed by atoms with Crippen molar-refractivity contribution in [1.29, 1.82) is 0 Å². The van der Waals surface area contributed by atoms with Gasteiger partial charge in [-0.2, -0.15) is 4.68 Å². The smallest absolute Gasteiger partial charge is 0.404 e. The van der Waals surface area contributed by atoms with Crippen LogP contribution in [-0.4, -0.2) is 38.4 Å². The average molecular weight is 271 g/mol. The van der Waals surface area contributed by atoms with Crippen molar-refractivity contribution < 1.29 is 24.4 Å². The summed E-state index contributed by atoms with van der Waals surface area (Å²) in [6.45, 7) is 3.20. The molecule has 0 unspecified atom stereocenters. The lowest BCUT2D eigenvalue weighted by Gasteiger charge is -2.05. The Labute approximate surface area is 107 Å². The number of rotatable bonds is 6. The zero-order chi connectivity index (χ0) is 14.6. The summed E-state index contributed by atoms with van der Waals surface area (Å²) < 4.78 is 5.56. The maximum atomic E-state index is 11.5. The lowest BCUT2D eigenvalue weighted by atomic mass is 10.2. The van der Waals surface area contributed by atoms with Crippen molar-refractivity contribution in [3.8, 4) is 0 Å². The highest BCUT2D eigenvalue weighted by Crippen LogP contribution is 2.21.